The third kappa shape index (κ3) is 8.13. The van der Waals surface area contributed by atoms with Gasteiger partial charge in [-0.2, -0.15) is 0 Å². The van der Waals surface area contributed by atoms with Crippen LogP contribution in [0, 0.1) is 5.92 Å². The summed E-state index contributed by atoms with van der Waals surface area (Å²) >= 11 is 0. The van der Waals surface area contributed by atoms with Crippen molar-refractivity contribution in [3.8, 4) is 11.5 Å². The van der Waals surface area contributed by atoms with Crippen molar-refractivity contribution in [1.29, 1.82) is 0 Å². The number of benzene rings is 1. The predicted octanol–water partition coefficient (Wildman–Crippen LogP) is 1.50. The number of nitrogens with two attached hydrogens (primary N) is 1. The van der Waals surface area contributed by atoms with Crippen molar-refractivity contribution in [3.05, 3.63) is 17.7 Å². The number of anilines is 1. The minimum absolute atomic E-state index is 0.0513. The van der Waals surface area contributed by atoms with E-state index in [1.165, 1.54) is 20.3 Å². The van der Waals surface area contributed by atoms with Crippen LogP contribution in [0.5, 0.6) is 11.5 Å². The zero-order valence-corrected chi connectivity index (χ0v) is 20.6. The van der Waals surface area contributed by atoms with E-state index in [2.05, 4.69) is 16.0 Å². The first-order valence-corrected chi connectivity index (χ1v) is 11.1. The van der Waals surface area contributed by atoms with Crippen molar-refractivity contribution in [2.75, 3.05) is 19.5 Å². The van der Waals surface area contributed by atoms with Crippen LogP contribution in [0.25, 0.3) is 0 Å². The minimum Gasteiger partial charge on any atom is -0.493 e. The highest BCUT2D eigenvalue weighted by Gasteiger charge is 2.30. The van der Waals surface area contributed by atoms with Gasteiger partial charge in [-0.3, -0.25) is 14.4 Å². The predicted molar refractivity (Wildman–Crippen MR) is 127 cm³/mol. The summed E-state index contributed by atoms with van der Waals surface area (Å²) in [6, 6.07) is 0.861. The van der Waals surface area contributed by atoms with Gasteiger partial charge in [-0.25, -0.2) is 4.79 Å². The van der Waals surface area contributed by atoms with Crippen molar-refractivity contribution < 1.29 is 33.8 Å². The number of methoxy groups -OCH3 is 2. The van der Waals surface area contributed by atoms with E-state index >= 15 is 0 Å². The van der Waals surface area contributed by atoms with Gasteiger partial charge >= 0.3 is 5.97 Å². The molecule has 0 spiro atoms. The molecule has 0 saturated carbocycles. The molecule has 3 atom stereocenters. The summed E-state index contributed by atoms with van der Waals surface area (Å²) in [4.78, 5) is 48.7. The molecule has 34 heavy (non-hydrogen) atoms. The molecule has 0 aliphatic rings. The van der Waals surface area contributed by atoms with Gasteiger partial charge in [-0.15, -0.1) is 0 Å². The van der Waals surface area contributed by atoms with E-state index in [4.69, 9.17) is 15.2 Å². The van der Waals surface area contributed by atoms with Gasteiger partial charge in [-0.05, 0) is 31.7 Å². The number of rotatable bonds is 14. The van der Waals surface area contributed by atoms with Crippen LogP contribution in [0.4, 0.5) is 5.69 Å². The van der Waals surface area contributed by atoms with E-state index < -0.39 is 35.8 Å². The first kappa shape index (κ1) is 28.5. The lowest BCUT2D eigenvalue weighted by Gasteiger charge is -2.25. The van der Waals surface area contributed by atoms with E-state index in [1.54, 1.807) is 19.9 Å². The summed E-state index contributed by atoms with van der Waals surface area (Å²) in [5.74, 6) is -2.80. The van der Waals surface area contributed by atoms with E-state index in [9.17, 15) is 24.3 Å². The number of carbonyl (C=O) groups is 4. The Morgan fingerprint density at radius 2 is 1.62 bits per heavy atom. The van der Waals surface area contributed by atoms with E-state index in [-0.39, 0.29) is 30.4 Å². The number of carboxylic acid groups (broad SMARTS) is 1. The second-order valence-corrected chi connectivity index (χ2v) is 8.31. The molecule has 0 bridgehead atoms. The zero-order valence-electron chi connectivity index (χ0n) is 20.6. The van der Waals surface area contributed by atoms with Crippen molar-refractivity contribution >= 4 is 29.4 Å². The van der Waals surface area contributed by atoms with Gasteiger partial charge in [0.05, 0.1) is 25.5 Å². The molecule has 3 amide bonds. The molecule has 1 unspecified atom stereocenters. The quantitative estimate of drug-likeness (QED) is 0.267. The lowest BCUT2D eigenvalue weighted by Crippen LogP contribution is -2.53. The molecule has 1 aromatic rings. The molecule has 1 aromatic carbocycles. The molecule has 0 fully saturated rings. The van der Waals surface area contributed by atoms with Crippen LogP contribution in [-0.4, -0.2) is 61.1 Å². The Kier molecular flexibility index (Phi) is 11.1. The number of carboxylic acids is 1. The second-order valence-electron chi connectivity index (χ2n) is 8.31. The molecule has 0 aromatic heterocycles. The largest absolute Gasteiger partial charge is 0.493 e. The summed E-state index contributed by atoms with van der Waals surface area (Å²) in [6.07, 6.45) is 0.439. The maximum atomic E-state index is 13.3. The number of ether oxygens (including phenoxy) is 2. The van der Waals surface area contributed by atoms with Gasteiger partial charge < -0.3 is 36.3 Å². The van der Waals surface area contributed by atoms with Crippen molar-refractivity contribution in [1.82, 2.24) is 10.6 Å². The van der Waals surface area contributed by atoms with E-state index in [0.717, 1.165) is 6.42 Å². The van der Waals surface area contributed by atoms with Crippen molar-refractivity contribution in [3.63, 3.8) is 0 Å². The van der Waals surface area contributed by atoms with Crippen LogP contribution in [0.2, 0.25) is 0 Å². The highest BCUT2D eigenvalue weighted by Crippen LogP contribution is 2.34. The Morgan fingerprint density at radius 1 is 1.03 bits per heavy atom. The number of aliphatic carboxylic acids is 1. The van der Waals surface area contributed by atoms with Crippen LogP contribution < -0.4 is 31.2 Å². The van der Waals surface area contributed by atoms with E-state index in [0.29, 0.717) is 17.2 Å². The number of nitrogens with one attached hydrogen (secondary N) is 3. The average molecular weight is 481 g/mol. The molecule has 0 aliphatic heterocycles. The summed E-state index contributed by atoms with van der Waals surface area (Å²) in [5.41, 5.74) is 5.82. The highest BCUT2D eigenvalue weighted by atomic mass is 16.5. The maximum absolute atomic E-state index is 13.3. The zero-order chi connectivity index (χ0) is 26.0. The lowest BCUT2D eigenvalue weighted by atomic mass is 10.0. The Bertz CT molecular complexity index is 888. The number of carbonyl (C=O) groups excluding carboxylic acids is 3. The molecule has 11 nitrogen and oxygen atoms in total. The fourth-order valence-corrected chi connectivity index (χ4v) is 3.11. The molecule has 11 heteroatoms. The topological polar surface area (TPSA) is 169 Å². The summed E-state index contributed by atoms with van der Waals surface area (Å²) in [7, 11) is 2.94. The van der Waals surface area contributed by atoms with Gasteiger partial charge in [0.15, 0.2) is 11.5 Å². The number of amides is 3. The molecule has 0 aliphatic carbocycles. The second kappa shape index (κ2) is 13.3. The molecule has 0 radical (unpaired) electrons. The van der Waals surface area contributed by atoms with Crippen LogP contribution >= 0.6 is 0 Å². The molecule has 1 rings (SSSR count). The minimum atomic E-state index is -1.32. The van der Waals surface area contributed by atoms with Gasteiger partial charge in [0.2, 0.25) is 11.8 Å². The molecule has 190 valence electrons. The summed E-state index contributed by atoms with van der Waals surface area (Å²) in [6.45, 7) is 7.39. The summed E-state index contributed by atoms with van der Waals surface area (Å²) in [5, 5.41) is 17.7. The average Bonchev–Trinajstić information content (AvgIpc) is 2.78. The van der Waals surface area contributed by atoms with Crippen molar-refractivity contribution in [2.45, 2.75) is 65.1 Å². The molecular weight excluding hydrogens is 444 g/mol. The van der Waals surface area contributed by atoms with Crippen LogP contribution in [0.15, 0.2) is 12.1 Å². The number of hydrogen-bond acceptors (Lipinski definition) is 7. The van der Waals surface area contributed by atoms with E-state index in [1.807, 2.05) is 13.8 Å². The van der Waals surface area contributed by atoms with Crippen LogP contribution in [0.1, 0.15) is 57.3 Å². The normalized spacial score (nSPS) is 13.4. The van der Waals surface area contributed by atoms with Gasteiger partial charge in [-0.1, -0.05) is 20.8 Å². The highest BCUT2D eigenvalue weighted by molar-refractivity contribution is 6.03. The van der Waals surface area contributed by atoms with Crippen molar-refractivity contribution in [2.24, 2.45) is 11.7 Å². The Labute approximate surface area is 199 Å². The Hall–Kier alpha value is -3.50. The third-order valence-corrected chi connectivity index (χ3v) is 5.31. The smallest absolute Gasteiger partial charge is 0.326 e. The number of hydrogen-bond donors (Lipinski definition) is 5. The van der Waals surface area contributed by atoms with Crippen LogP contribution in [0.3, 0.4) is 0 Å². The monoisotopic (exact) mass is 480 g/mol. The molecule has 0 saturated heterocycles. The molecular formula is C23H36N4O7. The van der Waals surface area contributed by atoms with Crippen LogP contribution in [-0.2, 0) is 14.4 Å². The Morgan fingerprint density at radius 3 is 2.09 bits per heavy atom. The molecule has 0 heterocycles. The standard InChI is InChI=1S/C23H36N4O7/c1-7-13(4)25-16-11-18(34-6)17(33-5)10-14(16)21(29)27-20(12(2)3)22(30)26-15(23(31)32)8-9-19(24)28/h10-13,15,20,25H,7-9H2,1-6H3,(H2,24,28)(H,26,30)(H,27,29)(H,31,32)/t13?,15-,20+/m0/s1. The maximum Gasteiger partial charge on any atom is 0.326 e. The first-order valence-electron chi connectivity index (χ1n) is 11.1. The van der Waals surface area contributed by atoms with Gasteiger partial charge in [0, 0.05) is 18.5 Å². The fraction of sp³-hybridized carbons (Fsp3) is 0.565. The van der Waals surface area contributed by atoms with Gasteiger partial charge in [0.1, 0.15) is 12.1 Å². The first-order chi connectivity index (χ1) is 15.9. The SMILES string of the molecule is CCC(C)Nc1cc(OC)c(OC)cc1C(=O)N[C@@H](C(=O)N[C@@H](CCC(N)=O)C(=O)O)C(C)C. The molecule has 6 N–H and O–H groups in total. The lowest BCUT2D eigenvalue weighted by molar-refractivity contribution is -0.142. The fourth-order valence-electron chi connectivity index (χ4n) is 3.11. The third-order valence-electron chi connectivity index (χ3n) is 5.31. The summed E-state index contributed by atoms with van der Waals surface area (Å²) < 4.78 is 10.7. The number of primary amides is 1. The van der Waals surface area contributed by atoms with Gasteiger partial charge in [0.25, 0.3) is 5.91 Å². The Balaban J connectivity index is 3.22.